The number of furan rings is 1. The number of benzene rings is 1. The van der Waals surface area contributed by atoms with Gasteiger partial charge in [-0.1, -0.05) is 5.16 Å². The van der Waals surface area contributed by atoms with Crippen molar-refractivity contribution in [2.45, 2.75) is 6.92 Å². The molecule has 2 aromatic rings. The molecule has 7 heteroatoms. The lowest BCUT2D eigenvalue weighted by Gasteiger charge is -2.07. The number of carbonyl (C=O) groups is 1. The Morgan fingerprint density at radius 1 is 1.33 bits per heavy atom. The fourth-order valence-electron chi connectivity index (χ4n) is 1.57. The highest BCUT2D eigenvalue weighted by Gasteiger charge is 2.10. The van der Waals surface area contributed by atoms with Crippen LogP contribution in [0.5, 0.6) is 5.75 Å². The third kappa shape index (κ3) is 4.00. The van der Waals surface area contributed by atoms with Crippen LogP contribution in [-0.4, -0.2) is 23.6 Å². The summed E-state index contributed by atoms with van der Waals surface area (Å²) in [6.45, 7) is 1.75. The summed E-state index contributed by atoms with van der Waals surface area (Å²) >= 11 is 0. The predicted molar refractivity (Wildman–Crippen MR) is 76.7 cm³/mol. The van der Waals surface area contributed by atoms with E-state index in [0.29, 0.717) is 17.2 Å². The normalized spacial score (nSPS) is 11.2. The summed E-state index contributed by atoms with van der Waals surface area (Å²) in [4.78, 5) is 11.9. The van der Waals surface area contributed by atoms with Crippen LogP contribution in [0.4, 0.5) is 5.69 Å². The highest BCUT2D eigenvalue weighted by atomic mass is 16.5. The van der Waals surface area contributed by atoms with Gasteiger partial charge in [-0.05, 0) is 43.3 Å². The number of amidine groups is 1. The Morgan fingerprint density at radius 2 is 2.05 bits per heavy atom. The van der Waals surface area contributed by atoms with Crippen LogP contribution in [-0.2, 0) is 0 Å². The van der Waals surface area contributed by atoms with Crippen LogP contribution < -0.4 is 15.8 Å². The molecule has 0 atom stereocenters. The minimum atomic E-state index is -0.326. The van der Waals surface area contributed by atoms with Gasteiger partial charge in [-0.15, -0.1) is 0 Å². The fourth-order valence-corrected chi connectivity index (χ4v) is 1.57. The van der Waals surface area contributed by atoms with E-state index in [2.05, 4.69) is 10.5 Å². The van der Waals surface area contributed by atoms with Crippen molar-refractivity contribution in [2.24, 2.45) is 10.9 Å². The predicted octanol–water partition coefficient (Wildman–Crippen LogP) is 1.97. The summed E-state index contributed by atoms with van der Waals surface area (Å²) in [5, 5.41) is 13.9. The number of nitrogens with two attached hydrogens (primary N) is 1. The van der Waals surface area contributed by atoms with Gasteiger partial charge < -0.3 is 25.4 Å². The SMILES string of the molecule is Cc1ccc(C(=O)Nc2ccc(OC/C(N)=N/O)cc2)o1. The highest BCUT2D eigenvalue weighted by molar-refractivity contribution is 6.02. The van der Waals surface area contributed by atoms with Crippen molar-refractivity contribution in [3.8, 4) is 5.75 Å². The number of carbonyl (C=O) groups excluding carboxylic acids is 1. The number of oxime groups is 1. The second kappa shape index (κ2) is 6.47. The van der Waals surface area contributed by atoms with Gasteiger partial charge in [-0.2, -0.15) is 0 Å². The van der Waals surface area contributed by atoms with Gasteiger partial charge >= 0.3 is 0 Å². The molecule has 0 radical (unpaired) electrons. The Balaban J connectivity index is 1.94. The van der Waals surface area contributed by atoms with Gasteiger partial charge in [0.2, 0.25) is 0 Å². The summed E-state index contributed by atoms with van der Waals surface area (Å²) in [6, 6.07) is 10.0. The third-order valence-electron chi connectivity index (χ3n) is 2.59. The van der Waals surface area contributed by atoms with Gasteiger partial charge in [0.15, 0.2) is 11.6 Å². The van der Waals surface area contributed by atoms with Crippen molar-refractivity contribution < 1.29 is 19.2 Å². The van der Waals surface area contributed by atoms with E-state index in [0.717, 1.165) is 0 Å². The lowest BCUT2D eigenvalue weighted by Crippen LogP contribution is -2.20. The Bertz CT molecular complexity index is 646. The molecule has 7 nitrogen and oxygen atoms in total. The van der Waals surface area contributed by atoms with Gasteiger partial charge in [0.1, 0.15) is 18.1 Å². The Hall–Kier alpha value is -2.96. The molecule has 1 heterocycles. The molecule has 0 aliphatic heterocycles. The minimum absolute atomic E-state index is 0.0200. The number of rotatable bonds is 5. The molecule has 1 aromatic heterocycles. The highest BCUT2D eigenvalue weighted by Crippen LogP contribution is 2.17. The molecule has 0 spiro atoms. The van der Waals surface area contributed by atoms with Crippen LogP contribution in [0.1, 0.15) is 16.3 Å². The van der Waals surface area contributed by atoms with Crippen LogP contribution in [0.25, 0.3) is 0 Å². The molecular formula is C14H15N3O4. The van der Waals surface area contributed by atoms with E-state index in [-0.39, 0.29) is 24.1 Å². The first-order valence-corrected chi connectivity index (χ1v) is 6.15. The largest absolute Gasteiger partial charge is 0.486 e. The molecule has 1 aromatic carbocycles. The number of hydrogen-bond donors (Lipinski definition) is 3. The number of aryl methyl sites for hydroxylation is 1. The summed E-state index contributed by atoms with van der Waals surface area (Å²) in [5.41, 5.74) is 5.89. The Labute approximate surface area is 121 Å². The van der Waals surface area contributed by atoms with E-state index < -0.39 is 0 Å². The van der Waals surface area contributed by atoms with Crippen molar-refractivity contribution in [1.29, 1.82) is 0 Å². The molecule has 0 saturated carbocycles. The molecule has 0 aliphatic rings. The molecule has 0 saturated heterocycles. The van der Waals surface area contributed by atoms with Gasteiger partial charge in [0.05, 0.1) is 0 Å². The fraction of sp³-hybridized carbons (Fsp3) is 0.143. The third-order valence-corrected chi connectivity index (χ3v) is 2.59. The first kappa shape index (κ1) is 14.4. The number of nitrogens with one attached hydrogen (secondary N) is 1. The van der Waals surface area contributed by atoms with E-state index in [1.54, 1.807) is 43.3 Å². The van der Waals surface area contributed by atoms with E-state index in [4.69, 9.17) is 20.1 Å². The smallest absolute Gasteiger partial charge is 0.291 e. The molecule has 21 heavy (non-hydrogen) atoms. The topological polar surface area (TPSA) is 110 Å². The van der Waals surface area contributed by atoms with E-state index in [1.165, 1.54) is 0 Å². The zero-order valence-corrected chi connectivity index (χ0v) is 11.4. The number of hydrogen-bond acceptors (Lipinski definition) is 5. The van der Waals surface area contributed by atoms with Gasteiger partial charge in [-0.3, -0.25) is 4.79 Å². The van der Waals surface area contributed by atoms with Crippen molar-refractivity contribution in [2.75, 3.05) is 11.9 Å². The number of anilines is 1. The van der Waals surface area contributed by atoms with Crippen molar-refractivity contribution in [3.05, 3.63) is 47.9 Å². The molecular weight excluding hydrogens is 274 g/mol. The maximum absolute atomic E-state index is 11.9. The molecule has 2 rings (SSSR count). The standard InChI is InChI=1S/C14H15N3O4/c1-9-2-7-12(21-9)14(18)16-10-3-5-11(6-4-10)20-8-13(15)17-19/h2-7,19H,8H2,1H3,(H2,15,17)(H,16,18). The quantitative estimate of drug-likeness (QED) is 0.337. The lowest BCUT2D eigenvalue weighted by atomic mass is 10.3. The average molecular weight is 289 g/mol. The summed E-state index contributed by atoms with van der Waals surface area (Å²) in [6.07, 6.45) is 0. The monoisotopic (exact) mass is 289 g/mol. The summed E-state index contributed by atoms with van der Waals surface area (Å²) in [5.74, 6) is 1.11. The van der Waals surface area contributed by atoms with Crippen molar-refractivity contribution in [1.82, 2.24) is 0 Å². The lowest BCUT2D eigenvalue weighted by molar-refractivity contribution is 0.0995. The summed E-state index contributed by atoms with van der Waals surface area (Å²) < 4.78 is 10.5. The molecule has 4 N–H and O–H groups in total. The molecule has 0 fully saturated rings. The van der Waals surface area contributed by atoms with Crippen LogP contribution in [0.15, 0.2) is 46.0 Å². The van der Waals surface area contributed by atoms with Gasteiger partial charge in [0.25, 0.3) is 5.91 Å². The van der Waals surface area contributed by atoms with Crippen LogP contribution in [0.2, 0.25) is 0 Å². The zero-order chi connectivity index (χ0) is 15.2. The van der Waals surface area contributed by atoms with Crippen LogP contribution in [0, 0.1) is 6.92 Å². The molecule has 110 valence electrons. The van der Waals surface area contributed by atoms with Crippen molar-refractivity contribution >= 4 is 17.4 Å². The Morgan fingerprint density at radius 3 is 2.62 bits per heavy atom. The molecule has 0 aliphatic carbocycles. The first-order chi connectivity index (χ1) is 10.1. The Kier molecular flexibility index (Phi) is 4.45. The molecule has 0 bridgehead atoms. The molecule has 0 unspecified atom stereocenters. The van der Waals surface area contributed by atoms with Gasteiger partial charge in [0, 0.05) is 5.69 Å². The molecule has 1 amide bonds. The number of nitrogens with zero attached hydrogens (tertiary/aromatic N) is 1. The van der Waals surface area contributed by atoms with Gasteiger partial charge in [-0.25, -0.2) is 0 Å². The van der Waals surface area contributed by atoms with E-state index in [1.807, 2.05) is 0 Å². The summed E-state index contributed by atoms with van der Waals surface area (Å²) in [7, 11) is 0. The maximum Gasteiger partial charge on any atom is 0.291 e. The zero-order valence-electron chi connectivity index (χ0n) is 11.4. The van der Waals surface area contributed by atoms with Crippen molar-refractivity contribution in [3.63, 3.8) is 0 Å². The average Bonchev–Trinajstić information content (AvgIpc) is 2.93. The number of amides is 1. The van der Waals surface area contributed by atoms with E-state index in [9.17, 15) is 4.79 Å². The van der Waals surface area contributed by atoms with E-state index >= 15 is 0 Å². The van der Waals surface area contributed by atoms with Crippen LogP contribution >= 0.6 is 0 Å². The maximum atomic E-state index is 11.9. The first-order valence-electron chi connectivity index (χ1n) is 6.15. The second-order valence-corrected chi connectivity index (χ2v) is 4.27. The minimum Gasteiger partial charge on any atom is -0.486 e. The number of ether oxygens (including phenoxy) is 1. The second-order valence-electron chi connectivity index (χ2n) is 4.27. The van der Waals surface area contributed by atoms with Crippen LogP contribution in [0.3, 0.4) is 0 Å².